The van der Waals surface area contributed by atoms with Crippen LogP contribution in [0.25, 0.3) is 86.7 Å². The molecule has 0 aliphatic carbocycles. The van der Waals surface area contributed by atoms with Crippen molar-refractivity contribution in [2.75, 3.05) is 99.5 Å². The number of nitrogens with zero attached hydrogens (tertiary/aromatic N) is 10. The van der Waals surface area contributed by atoms with Gasteiger partial charge in [0.2, 0.25) is 29.5 Å². The van der Waals surface area contributed by atoms with Crippen molar-refractivity contribution in [3.05, 3.63) is 216 Å². The fourth-order valence-corrected chi connectivity index (χ4v) is 17.6. The third-order valence-corrected chi connectivity index (χ3v) is 24.8. The highest BCUT2D eigenvalue weighted by Crippen LogP contribution is 2.39. The number of rotatable bonds is 38. The number of ether oxygens (including phenoxy) is 10. The van der Waals surface area contributed by atoms with Gasteiger partial charge in [0.1, 0.15) is 49.9 Å². The summed E-state index contributed by atoms with van der Waals surface area (Å²) in [5.41, 5.74) is 16.6. The van der Waals surface area contributed by atoms with Gasteiger partial charge in [0.05, 0.1) is 133 Å². The molecule has 0 spiro atoms. The van der Waals surface area contributed by atoms with E-state index in [2.05, 4.69) is 91.5 Å². The topological polar surface area (TPSA) is 408 Å². The van der Waals surface area contributed by atoms with Gasteiger partial charge in [-0.1, -0.05) is 100 Å². The zero-order valence-electron chi connectivity index (χ0n) is 77.5. The van der Waals surface area contributed by atoms with E-state index in [1.807, 2.05) is 178 Å². The van der Waals surface area contributed by atoms with Gasteiger partial charge in [0.15, 0.2) is 11.5 Å². The number of fused-ring (bicyclic) bond motifs is 6. The lowest BCUT2D eigenvalue weighted by Gasteiger charge is -2.29. The molecule has 2 fully saturated rings. The summed E-state index contributed by atoms with van der Waals surface area (Å²) in [4.78, 5) is 98.3. The second-order valence-electron chi connectivity index (χ2n) is 34.4. The average molecular weight is 1880 g/mol. The van der Waals surface area contributed by atoms with Crippen molar-refractivity contribution in [1.82, 2.24) is 70.6 Å². The summed E-state index contributed by atoms with van der Waals surface area (Å²) < 4.78 is 68.3. The van der Waals surface area contributed by atoms with Crippen LogP contribution in [0.4, 0.5) is 4.79 Å². The number of aryl methyl sites for hydroxylation is 2. The molecule has 710 valence electrons. The fourth-order valence-electron chi connectivity index (χ4n) is 16.0. The quantitative estimate of drug-likeness (QED) is 0.0155. The van der Waals surface area contributed by atoms with Crippen LogP contribution in [0.1, 0.15) is 133 Å². The monoisotopic (exact) mass is 1880 g/mol. The molecule has 0 radical (unpaired) electrons. The predicted octanol–water partition coefficient (Wildman–Crippen LogP) is 15.7. The van der Waals surface area contributed by atoms with Crippen LogP contribution in [0, 0.1) is 25.7 Å². The summed E-state index contributed by atoms with van der Waals surface area (Å²) in [5.74, 6) is -0.380. The Morgan fingerprint density at radius 2 is 0.978 bits per heavy atom. The van der Waals surface area contributed by atoms with Crippen LogP contribution in [0.15, 0.2) is 191 Å². The second kappa shape index (κ2) is 46.3. The molecule has 6 N–H and O–H groups in total. The maximum absolute atomic E-state index is 14.1. The fraction of sp³-hybridized carbons (Fsp3) is 0.390. The van der Waals surface area contributed by atoms with E-state index in [0.29, 0.717) is 95.7 Å². The van der Waals surface area contributed by atoms with Gasteiger partial charge in [-0.05, 0) is 147 Å². The molecule has 0 saturated carbocycles. The Labute approximate surface area is 789 Å². The number of hydrogen-bond acceptors (Lipinski definition) is 30. The van der Waals surface area contributed by atoms with Crippen molar-refractivity contribution in [2.24, 2.45) is 11.8 Å². The maximum Gasteiger partial charge on any atom is 0.419 e. The first-order valence-electron chi connectivity index (χ1n) is 45.0. The molecule has 2 aliphatic heterocycles. The molecule has 33 nitrogen and oxygen atoms in total. The number of pyridine rings is 4. The zero-order chi connectivity index (χ0) is 95.2. The van der Waals surface area contributed by atoms with E-state index in [9.17, 15) is 34.2 Å². The standard InChI is InChI=1S/C47H51N7O8S.C36H42N4O9.C17H21N3O2S/c1-28(2)44(47(57)54-26-35(55)22-40(54)46(56)51-29(3)31-5-7-32(8-6-31)45-30(4)50-27-63-45)41-23-43(53-62-41)61-20-18-59-16-15-58-17-19-60-42-12-10-34(24-49-42)33-9-11-36-37-25-48-14-13-38(37)52-39(36)21-33;1-23(2)33(34(41)43-6)30-20-32(39-49-30)47-18-16-45-14-13-44-15-17-46-31-10-8-25(21-38-31)24-7-9-26-27-22-37-12-11-28(27)40(29(26)19-24)35(42)48-36(3,4)5;1-10(20-17(22)15-7-14(21)8-18-15)12-3-5-13(6-4-12)16-11(2)19-9-23-16/h5-14,21,23-25,27-29,35,40,44,52,55H,15-20,22,26H2,1-4H3,(H,51,56);7-12,19-23,33H,13-18H2,1-6H3;3-6,9-10,14-15,18,21H,7-8H2,1-2H3,(H,20,22)/t29-,35+,40-,44?;;10-,14+,15-/m0.0/s1. The lowest BCUT2D eigenvalue weighted by Crippen LogP contribution is -2.48. The zero-order valence-corrected chi connectivity index (χ0v) is 79.2. The number of hydrogen-bond donors (Lipinski definition) is 6. The van der Waals surface area contributed by atoms with Crippen LogP contribution in [-0.4, -0.2) is 224 Å². The average Bonchev–Trinajstić information content (AvgIpc) is 1.59. The van der Waals surface area contributed by atoms with Gasteiger partial charge in [-0.3, -0.25) is 29.1 Å². The summed E-state index contributed by atoms with van der Waals surface area (Å²) in [6, 6.07) is 41.4. The van der Waals surface area contributed by atoms with E-state index in [1.165, 1.54) is 16.9 Å². The van der Waals surface area contributed by atoms with Crippen LogP contribution in [0.2, 0.25) is 0 Å². The third kappa shape index (κ3) is 25.6. The summed E-state index contributed by atoms with van der Waals surface area (Å²) >= 11 is 3.22. The molecule has 2 saturated heterocycles. The summed E-state index contributed by atoms with van der Waals surface area (Å²) in [5, 5.41) is 41.1. The molecule has 8 atom stereocenters. The molecule has 16 rings (SSSR count). The Morgan fingerprint density at radius 3 is 1.47 bits per heavy atom. The number of thiazole rings is 2. The maximum atomic E-state index is 14.1. The van der Waals surface area contributed by atoms with E-state index >= 15 is 0 Å². The number of benzene rings is 4. The van der Waals surface area contributed by atoms with Gasteiger partial charge in [-0.25, -0.2) is 29.3 Å². The van der Waals surface area contributed by atoms with E-state index in [4.69, 9.17) is 56.4 Å². The van der Waals surface area contributed by atoms with E-state index in [1.54, 1.807) is 76.4 Å². The van der Waals surface area contributed by atoms with E-state index < -0.39 is 41.8 Å². The molecule has 0 bridgehead atoms. The van der Waals surface area contributed by atoms with Crippen LogP contribution in [-0.2, 0) is 47.6 Å². The summed E-state index contributed by atoms with van der Waals surface area (Å²) in [6.07, 6.45) is 9.51. The minimum absolute atomic E-state index is 0.0146. The first-order chi connectivity index (χ1) is 65.2. The minimum atomic E-state index is -0.838. The first-order valence-corrected chi connectivity index (χ1v) is 46.7. The smallest absolute Gasteiger partial charge is 0.419 e. The molecular formula is C100H114N14O19S2. The van der Waals surface area contributed by atoms with Crippen molar-refractivity contribution in [3.63, 3.8) is 0 Å². The largest absolute Gasteiger partial charge is 0.475 e. The van der Waals surface area contributed by atoms with Gasteiger partial charge >= 0.3 is 12.1 Å². The van der Waals surface area contributed by atoms with Crippen molar-refractivity contribution >= 4 is 96.1 Å². The Kier molecular flexibility index (Phi) is 33.6. The number of aliphatic hydroxyl groups excluding tert-OH is 2. The number of esters is 1. The Balaban J connectivity index is 0.000000179. The van der Waals surface area contributed by atoms with Gasteiger partial charge < -0.3 is 92.5 Å². The Morgan fingerprint density at radius 1 is 0.496 bits per heavy atom. The third-order valence-electron chi connectivity index (χ3n) is 22.9. The molecule has 2 aliphatic rings. The number of likely N-dealkylation sites (tertiary alicyclic amines) is 1. The highest BCUT2D eigenvalue weighted by Gasteiger charge is 2.44. The molecule has 12 heterocycles. The Bertz CT molecular complexity index is 6270. The molecular weight excluding hydrogens is 1770 g/mol. The number of H-pyrrole nitrogens is 1. The molecule has 4 aromatic carbocycles. The van der Waals surface area contributed by atoms with Gasteiger partial charge in [-0.2, -0.15) is 0 Å². The number of amides is 3. The minimum Gasteiger partial charge on any atom is -0.475 e. The summed E-state index contributed by atoms with van der Waals surface area (Å²) in [6.45, 7) is 25.5. The summed E-state index contributed by atoms with van der Waals surface area (Å²) in [7, 11) is 1.34. The number of nitrogens with one attached hydrogen (secondary N) is 4. The molecule has 135 heavy (non-hydrogen) atoms. The number of β-amino-alcohol motifs (C(OH)–C–C–N with tert-alkyl or cyclic N) is 2. The van der Waals surface area contributed by atoms with Crippen molar-refractivity contribution < 1.29 is 90.6 Å². The van der Waals surface area contributed by atoms with Gasteiger partial charge in [0.25, 0.3) is 11.8 Å². The van der Waals surface area contributed by atoms with Crippen molar-refractivity contribution in [1.29, 1.82) is 0 Å². The number of aliphatic hydroxyl groups is 2. The molecule has 2 unspecified atom stereocenters. The molecule has 14 aromatic rings. The lowest BCUT2D eigenvalue weighted by molar-refractivity contribution is -0.144. The SMILES string of the molecule is COC(=O)C(c1cc(OCCOCCOCCOc2ccc(-c3ccc4c5cnccc5n(C(=O)OC(C)(C)C)c4c3)cn2)no1)C(C)C.Cc1ncsc1-c1ccc([C@H](C)NC(=O)[C@@H]2C[C@@H](O)CN2)cc1.Cc1ncsc1-c1ccc([C@H](C)NC(=O)[C@@H]2C[C@@H](O)CN2C(=O)C(c2cc(OCCOCCOCCOc3ccc(-c4ccc5c(c4)[nH]c4ccncc45)cn3)no2)C(C)C)cc1. The first kappa shape index (κ1) is 98.0. The number of aromatic nitrogens is 10. The van der Waals surface area contributed by atoms with Gasteiger partial charge in [0, 0.05) is 125 Å². The number of carbonyl (C=O) groups is 5. The van der Waals surface area contributed by atoms with Crippen LogP contribution < -0.4 is 34.9 Å². The van der Waals surface area contributed by atoms with Crippen LogP contribution >= 0.6 is 22.7 Å². The number of aromatic amines is 1. The van der Waals surface area contributed by atoms with E-state index in [-0.39, 0.29) is 98.2 Å². The molecule has 35 heteroatoms. The highest BCUT2D eigenvalue weighted by molar-refractivity contribution is 7.13. The number of carbonyl (C=O) groups excluding carboxylic acids is 5. The van der Waals surface area contributed by atoms with Gasteiger partial charge in [-0.15, -0.1) is 22.7 Å². The molecule has 10 aromatic heterocycles. The van der Waals surface area contributed by atoms with Crippen LogP contribution in [0.5, 0.6) is 23.5 Å². The van der Waals surface area contributed by atoms with Crippen LogP contribution in [0.3, 0.4) is 0 Å². The normalized spacial score (nSPS) is 15.8. The van der Waals surface area contributed by atoms with Crippen molar-refractivity contribution in [2.45, 2.75) is 143 Å². The van der Waals surface area contributed by atoms with Crippen molar-refractivity contribution in [3.8, 4) is 66.7 Å². The highest BCUT2D eigenvalue weighted by atomic mass is 32.1. The lowest BCUT2D eigenvalue weighted by atomic mass is 9.91. The Hall–Kier alpha value is -13.0. The second-order valence-corrected chi connectivity index (χ2v) is 36.2. The number of methoxy groups -OCH3 is 1. The van der Waals surface area contributed by atoms with E-state index in [0.717, 1.165) is 104 Å². The molecule has 3 amide bonds. The predicted molar refractivity (Wildman–Crippen MR) is 511 cm³/mol.